The van der Waals surface area contributed by atoms with Crippen LogP contribution in [0.1, 0.15) is 52.4 Å². The standard InChI is InChI=1S/C13H26N2O2S/c1-10(8-9-14)18(17)11(2)13(16)15-12-6-4-3-5-7-12/h10-12H,3-9,14H2,1-2H3,(H,15,16). The maximum atomic E-state index is 12.1. The third-order valence-electron chi connectivity index (χ3n) is 3.64. The first-order chi connectivity index (χ1) is 8.56. The van der Waals surface area contributed by atoms with E-state index in [9.17, 15) is 9.00 Å². The van der Waals surface area contributed by atoms with Gasteiger partial charge in [-0.3, -0.25) is 9.00 Å². The molecule has 1 fully saturated rings. The second-order valence-corrected chi connectivity index (χ2v) is 7.37. The molecule has 3 atom stereocenters. The van der Waals surface area contributed by atoms with Gasteiger partial charge in [-0.05, 0) is 32.7 Å². The van der Waals surface area contributed by atoms with Crippen LogP contribution in [-0.4, -0.2) is 33.2 Å². The van der Waals surface area contributed by atoms with E-state index in [4.69, 9.17) is 5.73 Å². The molecule has 1 saturated carbocycles. The number of nitrogens with two attached hydrogens (primary N) is 1. The summed E-state index contributed by atoms with van der Waals surface area (Å²) in [6.45, 7) is 4.17. The first-order valence-electron chi connectivity index (χ1n) is 6.96. The summed E-state index contributed by atoms with van der Waals surface area (Å²) in [5.74, 6) is -0.0656. The summed E-state index contributed by atoms with van der Waals surface area (Å²) >= 11 is 0. The third-order valence-corrected chi connectivity index (χ3v) is 5.58. The summed E-state index contributed by atoms with van der Waals surface area (Å²) in [4.78, 5) is 12.0. The van der Waals surface area contributed by atoms with Gasteiger partial charge in [0.15, 0.2) is 0 Å². The molecule has 18 heavy (non-hydrogen) atoms. The fourth-order valence-corrected chi connectivity index (χ4v) is 3.71. The maximum Gasteiger partial charge on any atom is 0.235 e. The van der Waals surface area contributed by atoms with Gasteiger partial charge in [-0.15, -0.1) is 0 Å². The molecular formula is C13H26N2O2S. The molecule has 1 amide bonds. The number of amides is 1. The zero-order valence-electron chi connectivity index (χ0n) is 11.5. The van der Waals surface area contributed by atoms with Crippen LogP contribution in [0.25, 0.3) is 0 Å². The van der Waals surface area contributed by atoms with Gasteiger partial charge < -0.3 is 11.1 Å². The molecule has 0 aromatic heterocycles. The number of hydrogen-bond donors (Lipinski definition) is 2. The van der Waals surface area contributed by atoms with Gasteiger partial charge >= 0.3 is 0 Å². The minimum Gasteiger partial charge on any atom is -0.352 e. The Morgan fingerprint density at radius 3 is 2.50 bits per heavy atom. The largest absolute Gasteiger partial charge is 0.352 e. The van der Waals surface area contributed by atoms with Gasteiger partial charge in [-0.1, -0.05) is 26.2 Å². The van der Waals surface area contributed by atoms with Gasteiger partial charge in [0.25, 0.3) is 0 Å². The SMILES string of the molecule is CC(CCN)S(=O)C(C)C(=O)NC1CCCCC1. The summed E-state index contributed by atoms with van der Waals surface area (Å²) < 4.78 is 12.1. The Morgan fingerprint density at radius 1 is 1.33 bits per heavy atom. The van der Waals surface area contributed by atoms with Crippen LogP contribution in [0.4, 0.5) is 0 Å². The van der Waals surface area contributed by atoms with Crippen LogP contribution in [0.3, 0.4) is 0 Å². The molecule has 106 valence electrons. The van der Waals surface area contributed by atoms with Crippen molar-refractivity contribution in [1.29, 1.82) is 0 Å². The van der Waals surface area contributed by atoms with Crippen LogP contribution in [0, 0.1) is 0 Å². The van der Waals surface area contributed by atoms with Gasteiger partial charge in [0, 0.05) is 22.1 Å². The Labute approximate surface area is 113 Å². The molecule has 3 unspecified atom stereocenters. The van der Waals surface area contributed by atoms with E-state index in [0.717, 1.165) is 12.8 Å². The van der Waals surface area contributed by atoms with E-state index < -0.39 is 16.0 Å². The van der Waals surface area contributed by atoms with Crippen LogP contribution >= 0.6 is 0 Å². The Kier molecular flexibility index (Phi) is 6.86. The molecule has 0 aliphatic heterocycles. The lowest BCUT2D eigenvalue weighted by Gasteiger charge is -2.25. The van der Waals surface area contributed by atoms with Crippen molar-refractivity contribution in [2.24, 2.45) is 5.73 Å². The van der Waals surface area contributed by atoms with E-state index >= 15 is 0 Å². The second-order valence-electron chi connectivity index (χ2n) is 5.20. The van der Waals surface area contributed by atoms with Crippen molar-refractivity contribution < 1.29 is 9.00 Å². The molecule has 1 aliphatic carbocycles. The van der Waals surface area contributed by atoms with E-state index in [-0.39, 0.29) is 17.2 Å². The van der Waals surface area contributed by atoms with E-state index in [0.29, 0.717) is 13.0 Å². The van der Waals surface area contributed by atoms with Crippen molar-refractivity contribution >= 4 is 16.7 Å². The predicted octanol–water partition coefficient (Wildman–Crippen LogP) is 1.31. The Bertz CT molecular complexity index is 291. The lowest BCUT2D eigenvalue weighted by molar-refractivity contribution is -0.121. The number of carbonyl (C=O) groups is 1. The Morgan fingerprint density at radius 2 is 1.94 bits per heavy atom. The molecular weight excluding hydrogens is 248 g/mol. The van der Waals surface area contributed by atoms with Crippen LogP contribution in [0.15, 0.2) is 0 Å². The van der Waals surface area contributed by atoms with Crippen molar-refractivity contribution in [3.63, 3.8) is 0 Å². The highest BCUT2D eigenvalue weighted by Gasteiger charge is 2.26. The molecule has 0 bridgehead atoms. The van der Waals surface area contributed by atoms with Gasteiger partial charge in [0.1, 0.15) is 5.25 Å². The van der Waals surface area contributed by atoms with E-state index in [2.05, 4.69) is 5.32 Å². The van der Waals surface area contributed by atoms with Crippen molar-refractivity contribution in [3.8, 4) is 0 Å². The summed E-state index contributed by atoms with van der Waals surface area (Å²) in [6.07, 6.45) is 6.46. The Hall–Kier alpha value is -0.420. The molecule has 1 rings (SSSR count). The van der Waals surface area contributed by atoms with Crippen molar-refractivity contribution in [3.05, 3.63) is 0 Å². The number of carbonyl (C=O) groups excluding carboxylic acids is 1. The van der Waals surface area contributed by atoms with Crippen LogP contribution in [0.5, 0.6) is 0 Å². The molecule has 4 nitrogen and oxygen atoms in total. The van der Waals surface area contributed by atoms with Gasteiger partial charge in [-0.25, -0.2) is 0 Å². The lowest BCUT2D eigenvalue weighted by Crippen LogP contribution is -2.44. The van der Waals surface area contributed by atoms with Crippen LogP contribution in [0.2, 0.25) is 0 Å². The summed E-state index contributed by atoms with van der Waals surface area (Å²) in [6, 6.07) is 0.288. The minimum absolute atomic E-state index is 0.0119. The molecule has 1 aliphatic rings. The van der Waals surface area contributed by atoms with E-state index in [1.807, 2.05) is 6.92 Å². The van der Waals surface area contributed by atoms with Crippen LogP contribution in [-0.2, 0) is 15.6 Å². The fourth-order valence-electron chi connectivity index (χ4n) is 2.37. The average molecular weight is 274 g/mol. The quantitative estimate of drug-likeness (QED) is 0.767. The van der Waals surface area contributed by atoms with Crippen molar-refractivity contribution in [2.75, 3.05) is 6.54 Å². The van der Waals surface area contributed by atoms with Crippen molar-refractivity contribution in [1.82, 2.24) is 5.32 Å². The molecule has 0 heterocycles. The first kappa shape index (κ1) is 15.6. The lowest BCUT2D eigenvalue weighted by atomic mass is 9.95. The van der Waals surface area contributed by atoms with Gasteiger partial charge in [0.05, 0.1) is 0 Å². The van der Waals surface area contributed by atoms with E-state index in [1.165, 1.54) is 19.3 Å². The topological polar surface area (TPSA) is 72.2 Å². The highest BCUT2D eigenvalue weighted by Crippen LogP contribution is 2.18. The minimum atomic E-state index is -1.14. The fraction of sp³-hybridized carbons (Fsp3) is 0.923. The molecule has 5 heteroatoms. The molecule has 0 radical (unpaired) electrons. The summed E-state index contributed by atoms with van der Waals surface area (Å²) in [5, 5.41) is 2.58. The predicted molar refractivity (Wildman–Crippen MR) is 75.8 cm³/mol. The molecule has 0 aromatic rings. The normalized spacial score (nSPS) is 22.2. The molecule has 3 N–H and O–H groups in total. The zero-order chi connectivity index (χ0) is 13.5. The molecule has 0 spiro atoms. The summed E-state index contributed by atoms with van der Waals surface area (Å²) in [5.41, 5.74) is 5.46. The summed E-state index contributed by atoms with van der Waals surface area (Å²) in [7, 11) is -1.14. The highest BCUT2D eigenvalue weighted by molar-refractivity contribution is 7.87. The van der Waals surface area contributed by atoms with Crippen molar-refractivity contribution in [2.45, 2.75) is 68.9 Å². The monoisotopic (exact) mass is 274 g/mol. The molecule has 0 saturated heterocycles. The second kappa shape index (κ2) is 7.89. The van der Waals surface area contributed by atoms with Gasteiger partial charge in [-0.2, -0.15) is 0 Å². The molecule has 0 aromatic carbocycles. The number of rotatable bonds is 6. The zero-order valence-corrected chi connectivity index (χ0v) is 12.3. The van der Waals surface area contributed by atoms with Gasteiger partial charge in [0.2, 0.25) is 5.91 Å². The number of hydrogen-bond acceptors (Lipinski definition) is 3. The smallest absolute Gasteiger partial charge is 0.235 e. The Balaban J connectivity index is 2.42. The maximum absolute atomic E-state index is 12.1. The average Bonchev–Trinajstić information content (AvgIpc) is 2.38. The highest BCUT2D eigenvalue weighted by atomic mass is 32.2. The number of nitrogens with one attached hydrogen (secondary N) is 1. The van der Waals surface area contributed by atoms with E-state index in [1.54, 1.807) is 6.92 Å². The first-order valence-corrected chi connectivity index (χ1v) is 8.23. The van der Waals surface area contributed by atoms with Crippen LogP contribution < -0.4 is 11.1 Å². The third kappa shape index (κ3) is 4.69.